The maximum atomic E-state index is 11.6. The van der Waals surface area contributed by atoms with Crippen LogP contribution in [0.2, 0.25) is 0 Å². The average molecular weight is 473 g/mol. The highest BCUT2D eigenvalue weighted by Gasteiger charge is 2.28. The van der Waals surface area contributed by atoms with Crippen molar-refractivity contribution >= 4 is 35.8 Å². The summed E-state index contributed by atoms with van der Waals surface area (Å²) in [6.07, 6.45) is 3.61. The quantitative estimate of drug-likeness (QED) is 0.198. The van der Waals surface area contributed by atoms with Gasteiger partial charge in [0.1, 0.15) is 12.4 Å². The number of carbonyl (C=O) groups excluding carboxylic acids is 1. The first-order valence-electron chi connectivity index (χ1n) is 8.51. The van der Waals surface area contributed by atoms with Crippen LogP contribution in [-0.2, 0) is 11.3 Å². The molecule has 0 aliphatic heterocycles. The molecule has 4 N–H and O–H groups in total. The Morgan fingerprint density at radius 1 is 1.35 bits per heavy atom. The maximum absolute atomic E-state index is 11.6. The molecule has 2 aromatic heterocycles. The zero-order chi connectivity index (χ0) is 17.5. The van der Waals surface area contributed by atoms with Crippen molar-refractivity contribution in [1.29, 1.82) is 0 Å². The highest BCUT2D eigenvalue weighted by molar-refractivity contribution is 14.0. The smallest absolute Gasteiger partial charge is 0.223 e. The Bertz CT molecular complexity index is 710. The molecule has 1 aliphatic rings. The van der Waals surface area contributed by atoms with E-state index in [1.54, 1.807) is 18.4 Å². The van der Waals surface area contributed by atoms with Gasteiger partial charge in [-0.3, -0.25) is 9.89 Å². The molecule has 1 fully saturated rings. The van der Waals surface area contributed by atoms with Crippen LogP contribution in [0.1, 0.15) is 25.6 Å². The summed E-state index contributed by atoms with van der Waals surface area (Å²) in [6.45, 7) is 4.28. The van der Waals surface area contributed by atoms with Crippen molar-refractivity contribution in [2.75, 3.05) is 19.6 Å². The topological polar surface area (TPSA) is 120 Å². The lowest BCUT2D eigenvalue weighted by Gasteiger charge is -2.11. The molecule has 0 bridgehead atoms. The van der Waals surface area contributed by atoms with Crippen LogP contribution >= 0.6 is 24.0 Å². The highest BCUT2D eigenvalue weighted by atomic mass is 127. The van der Waals surface area contributed by atoms with Gasteiger partial charge in [-0.1, -0.05) is 0 Å². The highest BCUT2D eigenvalue weighted by Crippen LogP contribution is 2.28. The third kappa shape index (κ3) is 6.00. The van der Waals surface area contributed by atoms with Crippen molar-refractivity contribution in [2.24, 2.45) is 10.9 Å². The molecule has 142 valence electrons. The van der Waals surface area contributed by atoms with Gasteiger partial charge >= 0.3 is 0 Å². The summed E-state index contributed by atoms with van der Waals surface area (Å²) in [5.74, 6) is 2.82. The third-order valence-electron chi connectivity index (χ3n) is 3.67. The fourth-order valence-electron chi connectivity index (χ4n) is 2.23. The van der Waals surface area contributed by atoms with Crippen molar-refractivity contribution in [3.05, 3.63) is 24.2 Å². The molecular weight excluding hydrogens is 449 g/mol. The van der Waals surface area contributed by atoms with Gasteiger partial charge in [-0.25, -0.2) is 9.98 Å². The number of rotatable bonds is 8. The molecule has 26 heavy (non-hydrogen) atoms. The molecule has 1 amide bonds. The normalized spacial score (nSPS) is 13.8. The Hall–Kier alpha value is -2.11. The Labute approximate surface area is 168 Å². The molecule has 9 nitrogen and oxygen atoms in total. The summed E-state index contributed by atoms with van der Waals surface area (Å²) in [4.78, 5) is 20.4. The lowest BCUT2D eigenvalue weighted by atomic mass is 10.4. The van der Waals surface area contributed by atoms with E-state index >= 15 is 0 Å². The van der Waals surface area contributed by atoms with E-state index in [1.807, 2.05) is 6.92 Å². The van der Waals surface area contributed by atoms with Gasteiger partial charge in [0.2, 0.25) is 11.7 Å². The van der Waals surface area contributed by atoms with Gasteiger partial charge in [-0.05, 0) is 31.9 Å². The lowest BCUT2D eigenvalue weighted by molar-refractivity contribution is -0.122. The van der Waals surface area contributed by atoms with Gasteiger partial charge in [-0.2, -0.15) is 0 Å². The number of nitrogens with zero attached hydrogens (tertiary/aromatic N) is 3. The number of hydrogen-bond donors (Lipinski definition) is 4. The molecule has 2 heterocycles. The van der Waals surface area contributed by atoms with Gasteiger partial charge in [0.05, 0.1) is 6.26 Å². The Morgan fingerprint density at radius 2 is 2.15 bits per heavy atom. The van der Waals surface area contributed by atoms with Gasteiger partial charge in [-0.15, -0.1) is 29.1 Å². The molecule has 10 heteroatoms. The second-order valence-corrected chi connectivity index (χ2v) is 5.77. The Morgan fingerprint density at radius 3 is 2.85 bits per heavy atom. The zero-order valence-corrected chi connectivity index (χ0v) is 16.9. The number of halogens is 1. The fourth-order valence-corrected chi connectivity index (χ4v) is 2.23. The molecule has 0 atom stereocenters. The molecule has 3 rings (SSSR count). The zero-order valence-electron chi connectivity index (χ0n) is 14.6. The van der Waals surface area contributed by atoms with Crippen LogP contribution in [-0.4, -0.2) is 46.7 Å². The number of carbonyl (C=O) groups is 1. The molecule has 0 unspecified atom stereocenters. The van der Waals surface area contributed by atoms with E-state index in [9.17, 15) is 4.79 Å². The second-order valence-electron chi connectivity index (χ2n) is 5.77. The van der Waals surface area contributed by atoms with Crippen LogP contribution < -0.4 is 16.0 Å². The SMILES string of the molecule is CCNC(=NCc1nc(-c2ccco2)n[nH]1)NCCNC(=O)C1CC1.I. The summed E-state index contributed by atoms with van der Waals surface area (Å²) in [5, 5.41) is 16.2. The minimum absolute atomic E-state index is 0. The standard InChI is InChI=1S/C16H23N7O2.HI/c1-2-17-16(19-8-7-18-15(24)11-5-6-11)20-10-13-21-14(23-22-13)12-4-3-9-25-12;/h3-4,9,11H,2,5-8,10H2,1H3,(H,18,24)(H2,17,19,20)(H,21,22,23);1H. The fraction of sp³-hybridized carbons (Fsp3) is 0.500. The minimum atomic E-state index is 0. The first-order chi connectivity index (χ1) is 12.3. The Balaban J connectivity index is 0.00000243. The molecular formula is C16H24IN7O2. The van der Waals surface area contributed by atoms with E-state index in [0.717, 1.165) is 19.4 Å². The Kier molecular flexibility index (Phi) is 7.88. The van der Waals surface area contributed by atoms with Crippen LogP contribution in [0.15, 0.2) is 27.8 Å². The molecule has 1 saturated carbocycles. The number of aliphatic imine (C=N–C) groups is 1. The van der Waals surface area contributed by atoms with Gasteiger partial charge < -0.3 is 20.4 Å². The van der Waals surface area contributed by atoms with Gasteiger partial charge in [0.15, 0.2) is 11.7 Å². The van der Waals surface area contributed by atoms with Crippen molar-refractivity contribution in [3.8, 4) is 11.6 Å². The number of furan rings is 1. The van der Waals surface area contributed by atoms with E-state index in [2.05, 4.69) is 36.1 Å². The van der Waals surface area contributed by atoms with Crippen LogP contribution in [0.25, 0.3) is 11.6 Å². The van der Waals surface area contributed by atoms with Crippen molar-refractivity contribution in [2.45, 2.75) is 26.3 Å². The predicted octanol–water partition coefficient (Wildman–Crippen LogP) is 1.26. The molecule has 1 aliphatic carbocycles. The van der Waals surface area contributed by atoms with E-state index < -0.39 is 0 Å². The number of amides is 1. The van der Waals surface area contributed by atoms with Crippen LogP contribution in [0.5, 0.6) is 0 Å². The van der Waals surface area contributed by atoms with Gasteiger partial charge in [0, 0.05) is 25.6 Å². The number of aromatic amines is 1. The molecule has 0 radical (unpaired) electrons. The predicted molar refractivity (Wildman–Crippen MR) is 108 cm³/mol. The van der Waals surface area contributed by atoms with Crippen LogP contribution in [0, 0.1) is 5.92 Å². The monoisotopic (exact) mass is 473 g/mol. The van der Waals surface area contributed by atoms with Crippen molar-refractivity contribution < 1.29 is 9.21 Å². The number of nitrogens with one attached hydrogen (secondary N) is 4. The first kappa shape index (κ1) is 20.2. The van der Waals surface area contributed by atoms with E-state index in [4.69, 9.17) is 4.42 Å². The molecule has 0 saturated heterocycles. The van der Waals surface area contributed by atoms with Crippen molar-refractivity contribution in [1.82, 2.24) is 31.1 Å². The number of guanidine groups is 1. The summed E-state index contributed by atoms with van der Waals surface area (Å²) in [5.41, 5.74) is 0. The molecule has 0 aromatic carbocycles. The maximum Gasteiger partial charge on any atom is 0.223 e. The third-order valence-corrected chi connectivity index (χ3v) is 3.67. The lowest BCUT2D eigenvalue weighted by Crippen LogP contribution is -2.41. The van der Waals surface area contributed by atoms with E-state index in [0.29, 0.717) is 43.0 Å². The minimum Gasteiger partial charge on any atom is -0.461 e. The first-order valence-corrected chi connectivity index (χ1v) is 8.51. The van der Waals surface area contributed by atoms with E-state index in [-0.39, 0.29) is 35.8 Å². The summed E-state index contributed by atoms with van der Waals surface area (Å²) < 4.78 is 5.26. The number of H-pyrrole nitrogens is 1. The largest absolute Gasteiger partial charge is 0.461 e. The molecule has 0 spiro atoms. The number of aromatic nitrogens is 3. The number of hydrogen-bond acceptors (Lipinski definition) is 5. The summed E-state index contributed by atoms with van der Waals surface area (Å²) >= 11 is 0. The van der Waals surface area contributed by atoms with Crippen LogP contribution in [0.3, 0.4) is 0 Å². The summed E-state index contributed by atoms with van der Waals surface area (Å²) in [7, 11) is 0. The summed E-state index contributed by atoms with van der Waals surface area (Å²) in [6, 6.07) is 3.59. The van der Waals surface area contributed by atoms with Crippen LogP contribution in [0.4, 0.5) is 0 Å². The van der Waals surface area contributed by atoms with Crippen molar-refractivity contribution in [3.63, 3.8) is 0 Å². The molecule has 2 aromatic rings. The van der Waals surface area contributed by atoms with Gasteiger partial charge in [0.25, 0.3) is 0 Å². The van der Waals surface area contributed by atoms with E-state index in [1.165, 1.54) is 0 Å². The second kappa shape index (κ2) is 10.1. The average Bonchev–Trinajstić information content (AvgIpc) is 3.12.